The summed E-state index contributed by atoms with van der Waals surface area (Å²) in [5, 5.41) is 2.95. The van der Waals surface area contributed by atoms with Crippen molar-refractivity contribution in [3.05, 3.63) is 47.5 Å². The van der Waals surface area contributed by atoms with Crippen LogP contribution >= 0.6 is 0 Å². The van der Waals surface area contributed by atoms with Crippen LogP contribution in [-0.2, 0) is 4.79 Å². The fraction of sp³-hybridized carbons (Fsp3) is 0.350. The monoisotopic (exact) mass is 338 g/mol. The number of ether oxygens (including phenoxy) is 2. The van der Waals surface area contributed by atoms with Crippen LogP contribution in [0.15, 0.2) is 36.4 Å². The van der Waals surface area contributed by atoms with E-state index in [9.17, 15) is 4.79 Å². The van der Waals surface area contributed by atoms with Gasteiger partial charge in [-0.05, 0) is 43.2 Å². The van der Waals surface area contributed by atoms with E-state index in [0.717, 1.165) is 35.7 Å². The molecular weight excluding hydrogens is 316 g/mol. The molecule has 4 rings (SSSR count). The predicted molar refractivity (Wildman–Crippen MR) is 97.7 cm³/mol. The van der Waals surface area contributed by atoms with Crippen molar-refractivity contribution in [2.24, 2.45) is 0 Å². The zero-order valence-corrected chi connectivity index (χ0v) is 14.5. The van der Waals surface area contributed by atoms with Crippen LogP contribution in [0.25, 0.3) is 0 Å². The molecule has 130 valence electrons. The largest absolute Gasteiger partial charge is 0.454 e. The fourth-order valence-corrected chi connectivity index (χ4v) is 3.65. The van der Waals surface area contributed by atoms with Gasteiger partial charge >= 0.3 is 0 Å². The highest BCUT2D eigenvalue weighted by Gasteiger charge is 2.29. The molecule has 2 aromatic rings. The summed E-state index contributed by atoms with van der Waals surface area (Å²) in [6.45, 7) is 6.50. The maximum Gasteiger partial charge on any atom is 0.231 e. The Morgan fingerprint density at radius 1 is 1.08 bits per heavy atom. The zero-order chi connectivity index (χ0) is 17.4. The third-order valence-corrected chi connectivity index (χ3v) is 5.01. The number of anilines is 2. The zero-order valence-electron chi connectivity index (χ0n) is 14.5. The van der Waals surface area contributed by atoms with E-state index in [1.807, 2.05) is 12.1 Å². The molecule has 0 saturated heterocycles. The summed E-state index contributed by atoms with van der Waals surface area (Å²) in [5.41, 5.74) is 4.25. The highest BCUT2D eigenvalue weighted by atomic mass is 16.7. The quantitative estimate of drug-likeness (QED) is 0.923. The van der Waals surface area contributed by atoms with E-state index in [1.165, 1.54) is 5.69 Å². The van der Waals surface area contributed by atoms with Crippen LogP contribution in [0.5, 0.6) is 11.5 Å². The lowest BCUT2D eigenvalue weighted by Crippen LogP contribution is -2.24. The molecule has 2 aliphatic rings. The van der Waals surface area contributed by atoms with Crippen LogP contribution in [-0.4, -0.2) is 25.8 Å². The van der Waals surface area contributed by atoms with Crippen LogP contribution in [0.1, 0.15) is 37.3 Å². The van der Waals surface area contributed by atoms with Gasteiger partial charge in [-0.15, -0.1) is 0 Å². The molecule has 0 bridgehead atoms. The first kappa shape index (κ1) is 15.8. The second kappa shape index (κ2) is 6.31. The Hall–Kier alpha value is -2.69. The summed E-state index contributed by atoms with van der Waals surface area (Å²) in [4.78, 5) is 14.5. The smallest absolute Gasteiger partial charge is 0.231 e. The summed E-state index contributed by atoms with van der Waals surface area (Å²) in [6.07, 6.45) is 0.442. The molecule has 1 amide bonds. The normalized spacial score (nSPS) is 17.8. The first-order chi connectivity index (χ1) is 12.2. The molecule has 2 aliphatic heterocycles. The Balaban J connectivity index is 1.70. The third kappa shape index (κ3) is 2.80. The lowest BCUT2D eigenvalue weighted by atomic mass is 9.84. The highest BCUT2D eigenvalue weighted by Crippen LogP contribution is 2.44. The van der Waals surface area contributed by atoms with E-state index in [0.29, 0.717) is 12.2 Å². The highest BCUT2D eigenvalue weighted by molar-refractivity contribution is 5.96. The Bertz CT molecular complexity index is 797. The van der Waals surface area contributed by atoms with Gasteiger partial charge in [-0.25, -0.2) is 0 Å². The molecule has 1 unspecified atom stereocenters. The summed E-state index contributed by atoms with van der Waals surface area (Å²) in [6, 6.07) is 12.4. The minimum Gasteiger partial charge on any atom is -0.454 e. The number of nitrogens with one attached hydrogen (secondary N) is 1. The van der Waals surface area contributed by atoms with Crippen molar-refractivity contribution < 1.29 is 14.3 Å². The van der Waals surface area contributed by atoms with Crippen LogP contribution in [0.2, 0.25) is 0 Å². The number of fused-ring (bicyclic) bond motifs is 2. The van der Waals surface area contributed by atoms with Gasteiger partial charge in [0.05, 0.1) is 0 Å². The standard InChI is InChI=1S/C20H22N2O3/c1-3-22(4-2)14-7-5-13(6-8-14)15-10-20(23)21-17-11-19-18(9-16(15)17)24-12-25-19/h5-9,11,15H,3-4,10,12H2,1-2H3,(H,21,23). The van der Waals surface area contributed by atoms with Gasteiger partial charge in [0.15, 0.2) is 11.5 Å². The fourth-order valence-electron chi connectivity index (χ4n) is 3.65. The molecule has 1 atom stereocenters. The molecule has 0 aromatic heterocycles. The molecule has 5 heteroatoms. The Labute approximate surface area is 147 Å². The van der Waals surface area contributed by atoms with Crippen molar-refractivity contribution in [2.75, 3.05) is 30.1 Å². The molecule has 0 fully saturated rings. The second-order valence-electron chi connectivity index (χ2n) is 6.36. The summed E-state index contributed by atoms with van der Waals surface area (Å²) < 4.78 is 10.9. The van der Waals surface area contributed by atoms with Gasteiger partial charge in [-0.1, -0.05) is 12.1 Å². The lowest BCUT2D eigenvalue weighted by Gasteiger charge is -2.27. The van der Waals surface area contributed by atoms with Crippen molar-refractivity contribution in [1.82, 2.24) is 0 Å². The summed E-state index contributed by atoms with van der Waals surface area (Å²) in [5.74, 6) is 1.50. The van der Waals surface area contributed by atoms with E-state index in [2.05, 4.69) is 48.3 Å². The predicted octanol–water partition coefficient (Wildman–Crippen LogP) is 3.74. The number of hydrogen-bond donors (Lipinski definition) is 1. The first-order valence-electron chi connectivity index (χ1n) is 8.78. The topological polar surface area (TPSA) is 50.8 Å². The third-order valence-electron chi connectivity index (χ3n) is 5.01. The average molecular weight is 338 g/mol. The van der Waals surface area contributed by atoms with E-state index in [1.54, 1.807) is 0 Å². The van der Waals surface area contributed by atoms with Crippen LogP contribution in [0, 0.1) is 0 Å². The van der Waals surface area contributed by atoms with Gasteiger partial charge in [-0.2, -0.15) is 0 Å². The molecule has 0 aliphatic carbocycles. The number of hydrogen-bond acceptors (Lipinski definition) is 4. The van der Waals surface area contributed by atoms with Gasteiger partial charge in [0.25, 0.3) is 0 Å². The van der Waals surface area contributed by atoms with E-state index >= 15 is 0 Å². The van der Waals surface area contributed by atoms with Gasteiger partial charge in [0.2, 0.25) is 12.7 Å². The van der Waals surface area contributed by atoms with Crippen molar-refractivity contribution >= 4 is 17.3 Å². The molecule has 25 heavy (non-hydrogen) atoms. The van der Waals surface area contributed by atoms with Gasteiger partial charge < -0.3 is 19.7 Å². The number of carbonyl (C=O) groups is 1. The maximum atomic E-state index is 12.2. The molecular formula is C20H22N2O3. The molecule has 0 spiro atoms. The van der Waals surface area contributed by atoms with Gasteiger partial charge in [0, 0.05) is 42.9 Å². The van der Waals surface area contributed by atoms with Crippen LogP contribution < -0.4 is 19.7 Å². The second-order valence-corrected chi connectivity index (χ2v) is 6.36. The molecule has 0 saturated carbocycles. The van der Waals surface area contributed by atoms with Gasteiger partial charge in [0.1, 0.15) is 0 Å². The van der Waals surface area contributed by atoms with E-state index in [4.69, 9.17) is 9.47 Å². The minimum absolute atomic E-state index is 0.0315. The Morgan fingerprint density at radius 2 is 1.76 bits per heavy atom. The molecule has 0 radical (unpaired) electrons. The number of carbonyl (C=O) groups excluding carboxylic acids is 1. The average Bonchev–Trinajstić information content (AvgIpc) is 3.08. The first-order valence-corrected chi connectivity index (χ1v) is 8.78. The summed E-state index contributed by atoms with van der Waals surface area (Å²) >= 11 is 0. The summed E-state index contributed by atoms with van der Waals surface area (Å²) in [7, 11) is 0. The minimum atomic E-state index is 0.0315. The Kier molecular flexibility index (Phi) is 3.99. The molecule has 1 N–H and O–H groups in total. The molecule has 2 aromatic carbocycles. The molecule has 2 heterocycles. The van der Waals surface area contributed by atoms with Crippen molar-refractivity contribution in [2.45, 2.75) is 26.2 Å². The number of rotatable bonds is 4. The van der Waals surface area contributed by atoms with Crippen molar-refractivity contribution in [1.29, 1.82) is 0 Å². The number of amides is 1. The Morgan fingerprint density at radius 3 is 2.44 bits per heavy atom. The number of nitrogens with zero attached hydrogens (tertiary/aromatic N) is 1. The SMILES string of the molecule is CCN(CC)c1ccc(C2CC(=O)Nc3cc4c(cc32)OCO4)cc1. The van der Waals surface area contributed by atoms with E-state index in [-0.39, 0.29) is 18.6 Å². The van der Waals surface area contributed by atoms with Crippen molar-refractivity contribution in [3.8, 4) is 11.5 Å². The van der Waals surface area contributed by atoms with Crippen LogP contribution in [0.3, 0.4) is 0 Å². The number of benzene rings is 2. The lowest BCUT2D eigenvalue weighted by molar-refractivity contribution is -0.116. The van der Waals surface area contributed by atoms with Gasteiger partial charge in [-0.3, -0.25) is 4.79 Å². The van der Waals surface area contributed by atoms with E-state index < -0.39 is 0 Å². The van der Waals surface area contributed by atoms with Crippen molar-refractivity contribution in [3.63, 3.8) is 0 Å². The maximum absolute atomic E-state index is 12.2. The van der Waals surface area contributed by atoms with Crippen LogP contribution in [0.4, 0.5) is 11.4 Å². The molecule has 5 nitrogen and oxygen atoms in total.